The molecule has 1 atom stereocenters. The van der Waals surface area contributed by atoms with Crippen LogP contribution in [0.2, 0.25) is 0 Å². The fraction of sp³-hybridized carbons (Fsp3) is 0.238. The lowest BCUT2D eigenvalue weighted by Gasteiger charge is -2.22. The van der Waals surface area contributed by atoms with Crippen molar-refractivity contribution in [3.8, 4) is 22.9 Å². The zero-order valence-electron chi connectivity index (χ0n) is 17.0. The van der Waals surface area contributed by atoms with Gasteiger partial charge in [0.15, 0.2) is 0 Å². The van der Waals surface area contributed by atoms with Gasteiger partial charge >= 0.3 is 6.03 Å². The van der Waals surface area contributed by atoms with Gasteiger partial charge in [-0.2, -0.15) is 4.98 Å². The number of methoxy groups -OCH3 is 2. The molecule has 0 spiro atoms. The number of ether oxygens (including phenoxy) is 2. The lowest BCUT2D eigenvalue weighted by Crippen LogP contribution is -2.40. The van der Waals surface area contributed by atoms with Crippen LogP contribution in [0.1, 0.15) is 18.4 Å². The van der Waals surface area contributed by atoms with Crippen molar-refractivity contribution in [2.24, 2.45) is 0 Å². The second-order valence-corrected chi connectivity index (χ2v) is 7.95. The Bertz CT molecular complexity index is 1160. The molecule has 4 rings (SSSR count). The molecular formula is C21H19BrN4O5. The Morgan fingerprint density at radius 2 is 1.97 bits per heavy atom. The number of carbonyl (C=O) groups is 2. The van der Waals surface area contributed by atoms with Crippen LogP contribution in [0.15, 0.2) is 51.5 Å². The third-order valence-corrected chi connectivity index (χ3v) is 5.58. The molecule has 160 valence electrons. The van der Waals surface area contributed by atoms with Crippen molar-refractivity contribution in [1.29, 1.82) is 0 Å². The van der Waals surface area contributed by atoms with Gasteiger partial charge in [0.25, 0.3) is 5.91 Å². The molecule has 0 unspecified atom stereocenters. The number of rotatable bonds is 6. The monoisotopic (exact) mass is 486 g/mol. The number of hydrogen-bond acceptors (Lipinski definition) is 7. The minimum Gasteiger partial charge on any atom is -0.497 e. The van der Waals surface area contributed by atoms with Crippen LogP contribution in [0.3, 0.4) is 0 Å². The average Bonchev–Trinajstić information content (AvgIpc) is 3.32. The Morgan fingerprint density at radius 1 is 1.16 bits per heavy atom. The molecule has 0 bridgehead atoms. The molecule has 0 saturated carbocycles. The lowest BCUT2D eigenvalue weighted by atomic mass is 9.92. The Hall–Kier alpha value is -3.40. The van der Waals surface area contributed by atoms with Crippen molar-refractivity contribution < 1.29 is 23.6 Å². The SMILES string of the molecule is COc1ccc(-c2noc(CN3C(=O)N[C@](C)(c4cccc(Br)c4)C3=O)n2)c(OC)c1. The van der Waals surface area contributed by atoms with E-state index < -0.39 is 17.5 Å². The van der Waals surface area contributed by atoms with E-state index in [4.69, 9.17) is 14.0 Å². The number of nitrogens with zero attached hydrogens (tertiary/aromatic N) is 3. The first-order valence-corrected chi connectivity index (χ1v) is 10.1. The van der Waals surface area contributed by atoms with Gasteiger partial charge in [-0.3, -0.25) is 9.69 Å². The molecule has 1 N–H and O–H groups in total. The highest BCUT2D eigenvalue weighted by Gasteiger charge is 2.49. The number of amides is 3. The summed E-state index contributed by atoms with van der Waals surface area (Å²) in [6.45, 7) is 1.51. The van der Waals surface area contributed by atoms with Crippen LogP contribution in [-0.4, -0.2) is 41.2 Å². The lowest BCUT2D eigenvalue weighted by molar-refractivity contribution is -0.131. The Kier molecular flexibility index (Phi) is 5.40. The summed E-state index contributed by atoms with van der Waals surface area (Å²) in [5, 5.41) is 6.72. The summed E-state index contributed by atoms with van der Waals surface area (Å²) in [6, 6.07) is 11.9. The molecule has 0 aliphatic carbocycles. The van der Waals surface area contributed by atoms with Crippen LogP contribution in [0.25, 0.3) is 11.4 Å². The van der Waals surface area contributed by atoms with E-state index in [1.165, 1.54) is 7.11 Å². The third kappa shape index (κ3) is 3.74. The van der Waals surface area contributed by atoms with E-state index in [1.807, 2.05) is 6.07 Å². The highest BCUT2D eigenvalue weighted by atomic mass is 79.9. The number of hydrogen-bond donors (Lipinski definition) is 1. The number of imide groups is 1. The number of halogens is 1. The van der Waals surface area contributed by atoms with Gasteiger partial charge in [0.2, 0.25) is 11.7 Å². The van der Waals surface area contributed by atoms with Crippen molar-refractivity contribution in [1.82, 2.24) is 20.4 Å². The zero-order chi connectivity index (χ0) is 22.2. The molecule has 1 aromatic heterocycles. The van der Waals surface area contributed by atoms with Gasteiger partial charge in [-0.15, -0.1) is 0 Å². The standard InChI is InChI=1S/C21H19BrN4O5/c1-21(12-5-4-6-13(22)9-12)19(27)26(20(28)24-21)11-17-23-18(25-31-17)15-8-7-14(29-2)10-16(15)30-3/h4-10H,11H2,1-3H3,(H,24,28)/t21-/m1/s1. The molecule has 3 amide bonds. The van der Waals surface area contributed by atoms with Gasteiger partial charge in [0, 0.05) is 10.5 Å². The van der Waals surface area contributed by atoms with E-state index in [9.17, 15) is 9.59 Å². The van der Waals surface area contributed by atoms with E-state index >= 15 is 0 Å². The summed E-state index contributed by atoms with van der Waals surface area (Å²) in [4.78, 5) is 31.1. The van der Waals surface area contributed by atoms with Gasteiger partial charge < -0.3 is 19.3 Å². The smallest absolute Gasteiger partial charge is 0.325 e. The van der Waals surface area contributed by atoms with E-state index in [2.05, 4.69) is 31.4 Å². The van der Waals surface area contributed by atoms with Crippen molar-refractivity contribution in [2.45, 2.75) is 19.0 Å². The zero-order valence-corrected chi connectivity index (χ0v) is 18.6. The minimum atomic E-state index is -1.19. The summed E-state index contributed by atoms with van der Waals surface area (Å²) in [5.41, 5.74) is 0.0644. The molecule has 1 fully saturated rings. The highest BCUT2D eigenvalue weighted by molar-refractivity contribution is 9.10. The van der Waals surface area contributed by atoms with Crippen molar-refractivity contribution in [2.75, 3.05) is 14.2 Å². The Balaban J connectivity index is 1.58. The van der Waals surface area contributed by atoms with Crippen LogP contribution < -0.4 is 14.8 Å². The fourth-order valence-electron chi connectivity index (χ4n) is 3.38. The van der Waals surface area contributed by atoms with Gasteiger partial charge in [0.05, 0.1) is 19.8 Å². The van der Waals surface area contributed by atoms with Crippen molar-refractivity contribution >= 4 is 27.9 Å². The summed E-state index contributed by atoms with van der Waals surface area (Å²) in [6.07, 6.45) is 0. The maximum atomic E-state index is 13.1. The van der Waals surface area contributed by atoms with E-state index in [0.717, 1.165) is 9.37 Å². The van der Waals surface area contributed by atoms with Crippen LogP contribution in [0.4, 0.5) is 4.79 Å². The summed E-state index contributed by atoms with van der Waals surface area (Å²) in [7, 11) is 3.08. The largest absolute Gasteiger partial charge is 0.497 e. The number of aromatic nitrogens is 2. The second kappa shape index (κ2) is 8.03. The number of benzene rings is 2. The van der Waals surface area contributed by atoms with Crippen LogP contribution in [-0.2, 0) is 16.9 Å². The van der Waals surface area contributed by atoms with Gasteiger partial charge in [-0.1, -0.05) is 33.2 Å². The van der Waals surface area contributed by atoms with Crippen molar-refractivity contribution in [3.63, 3.8) is 0 Å². The van der Waals surface area contributed by atoms with Crippen LogP contribution in [0.5, 0.6) is 11.5 Å². The first-order valence-electron chi connectivity index (χ1n) is 9.31. The second-order valence-electron chi connectivity index (χ2n) is 7.03. The first-order chi connectivity index (χ1) is 14.9. The van der Waals surface area contributed by atoms with E-state index in [1.54, 1.807) is 50.4 Å². The van der Waals surface area contributed by atoms with E-state index in [-0.39, 0.29) is 18.3 Å². The molecule has 1 aliphatic heterocycles. The molecule has 9 nitrogen and oxygen atoms in total. The van der Waals surface area contributed by atoms with E-state index in [0.29, 0.717) is 22.6 Å². The number of urea groups is 1. The maximum absolute atomic E-state index is 13.1. The van der Waals surface area contributed by atoms with Crippen molar-refractivity contribution in [3.05, 3.63) is 58.4 Å². The van der Waals surface area contributed by atoms with Gasteiger partial charge in [-0.25, -0.2) is 4.79 Å². The highest BCUT2D eigenvalue weighted by Crippen LogP contribution is 2.33. The van der Waals surface area contributed by atoms with Crippen LogP contribution >= 0.6 is 15.9 Å². The quantitative estimate of drug-likeness (QED) is 0.531. The minimum absolute atomic E-state index is 0.120. The molecule has 1 aliphatic rings. The normalized spacial score (nSPS) is 18.3. The Morgan fingerprint density at radius 3 is 2.68 bits per heavy atom. The van der Waals surface area contributed by atoms with Crippen LogP contribution in [0, 0.1) is 0 Å². The molecular weight excluding hydrogens is 468 g/mol. The molecule has 3 aromatic rings. The number of nitrogens with one attached hydrogen (secondary N) is 1. The van der Waals surface area contributed by atoms with Gasteiger partial charge in [-0.05, 0) is 36.8 Å². The van der Waals surface area contributed by atoms with Gasteiger partial charge in [0.1, 0.15) is 23.6 Å². The predicted octanol–water partition coefficient (Wildman–Crippen LogP) is 3.48. The topological polar surface area (TPSA) is 107 Å². The maximum Gasteiger partial charge on any atom is 0.325 e. The summed E-state index contributed by atoms with van der Waals surface area (Å²) in [5.74, 6) is 1.11. The third-order valence-electron chi connectivity index (χ3n) is 5.09. The fourth-order valence-corrected chi connectivity index (χ4v) is 3.78. The summed E-state index contributed by atoms with van der Waals surface area (Å²) >= 11 is 3.39. The molecule has 2 heterocycles. The molecule has 10 heteroatoms. The average molecular weight is 487 g/mol. The summed E-state index contributed by atoms with van der Waals surface area (Å²) < 4.78 is 16.7. The molecule has 31 heavy (non-hydrogen) atoms. The molecule has 0 radical (unpaired) electrons. The molecule has 1 saturated heterocycles. The molecule has 2 aromatic carbocycles. The Labute approximate surface area is 186 Å². The first kappa shape index (κ1) is 20.9. The number of carbonyl (C=O) groups excluding carboxylic acids is 2. The predicted molar refractivity (Wildman–Crippen MR) is 113 cm³/mol.